The van der Waals surface area contributed by atoms with E-state index in [0.29, 0.717) is 12.0 Å². The van der Waals surface area contributed by atoms with Crippen LogP contribution in [-0.4, -0.2) is 13.2 Å². The number of hydrogen-bond donors (Lipinski definition) is 1. The van der Waals surface area contributed by atoms with Crippen LogP contribution in [0.5, 0.6) is 5.75 Å². The van der Waals surface area contributed by atoms with Gasteiger partial charge in [0.1, 0.15) is 5.75 Å². The predicted octanol–water partition coefficient (Wildman–Crippen LogP) is 3.71. The van der Waals surface area contributed by atoms with Crippen molar-refractivity contribution in [1.82, 2.24) is 5.32 Å². The van der Waals surface area contributed by atoms with E-state index in [0.717, 1.165) is 25.3 Å². The van der Waals surface area contributed by atoms with Crippen molar-refractivity contribution in [3.63, 3.8) is 0 Å². The summed E-state index contributed by atoms with van der Waals surface area (Å²) < 4.78 is 5.96. The molecule has 100 valence electrons. The zero-order valence-electron chi connectivity index (χ0n) is 11.8. The molecular formula is C16H25NO. The first-order valence-electron chi connectivity index (χ1n) is 7.20. The van der Waals surface area contributed by atoms with Crippen LogP contribution in [0.1, 0.15) is 50.8 Å². The third-order valence-electron chi connectivity index (χ3n) is 3.49. The molecule has 0 amide bonds. The van der Waals surface area contributed by atoms with E-state index in [4.69, 9.17) is 4.74 Å². The smallest absolute Gasteiger partial charge is 0.122 e. The van der Waals surface area contributed by atoms with Gasteiger partial charge in [0.05, 0.1) is 6.61 Å². The number of rotatable bonds is 5. The van der Waals surface area contributed by atoms with E-state index in [1.54, 1.807) is 0 Å². The SMILES string of the molecule is CCNC1CCCc2c(OCC(C)C)cccc21. The highest BCUT2D eigenvalue weighted by Crippen LogP contribution is 2.35. The summed E-state index contributed by atoms with van der Waals surface area (Å²) in [6.07, 6.45) is 3.66. The number of hydrogen-bond acceptors (Lipinski definition) is 2. The van der Waals surface area contributed by atoms with Crippen LogP contribution in [0.3, 0.4) is 0 Å². The molecule has 1 N–H and O–H groups in total. The fourth-order valence-electron chi connectivity index (χ4n) is 2.67. The topological polar surface area (TPSA) is 21.3 Å². The Morgan fingerprint density at radius 3 is 2.94 bits per heavy atom. The Bertz CT molecular complexity index is 387. The Morgan fingerprint density at radius 1 is 1.39 bits per heavy atom. The lowest BCUT2D eigenvalue weighted by atomic mass is 9.87. The lowest BCUT2D eigenvalue weighted by molar-refractivity contribution is 0.266. The van der Waals surface area contributed by atoms with E-state index in [1.807, 2.05) is 0 Å². The average molecular weight is 247 g/mol. The molecule has 1 aliphatic rings. The highest BCUT2D eigenvalue weighted by molar-refractivity contribution is 5.43. The molecule has 1 aromatic rings. The van der Waals surface area contributed by atoms with E-state index in [1.165, 1.54) is 24.0 Å². The third kappa shape index (κ3) is 3.05. The van der Waals surface area contributed by atoms with Crippen LogP contribution in [0.2, 0.25) is 0 Å². The van der Waals surface area contributed by atoms with Gasteiger partial charge in [0.15, 0.2) is 0 Å². The van der Waals surface area contributed by atoms with Crippen LogP contribution in [0.25, 0.3) is 0 Å². The van der Waals surface area contributed by atoms with Crippen molar-refractivity contribution >= 4 is 0 Å². The van der Waals surface area contributed by atoms with E-state index in [2.05, 4.69) is 44.3 Å². The van der Waals surface area contributed by atoms with Crippen LogP contribution in [0.4, 0.5) is 0 Å². The van der Waals surface area contributed by atoms with E-state index in [-0.39, 0.29) is 0 Å². The standard InChI is InChI=1S/C16H25NO/c1-4-17-15-9-5-8-14-13(15)7-6-10-16(14)18-11-12(2)3/h6-7,10,12,15,17H,4-5,8-9,11H2,1-3H3. The van der Waals surface area contributed by atoms with Crippen LogP contribution < -0.4 is 10.1 Å². The summed E-state index contributed by atoms with van der Waals surface area (Å²) in [7, 11) is 0. The number of ether oxygens (including phenoxy) is 1. The van der Waals surface area contributed by atoms with Crippen LogP contribution in [0, 0.1) is 5.92 Å². The zero-order valence-corrected chi connectivity index (χ0v) is 11.8. The molecule has 2 nitrogen and oxygen atoms in total. The Labute approximate surface area is 111 Å². The largest absolute Gasteiger partial charge is 0.493 e. The van der Waals surface area contributed by atoms with Crippen molar-refractivity contribution in [3.8, 4) is 5.75 Å². The van der Waals surface area contributed by atoms with Gasteiger partial charge in [-0.3, -0.25) is 0 Å². The normalized spacial score (nSPS) is 18.8. The van der Waals surface area contributed by atoms with Crippen LogP contribution >= 0.6 is 0 Å². The molecule has 1 atom stereocenters. The molecule has 1 aliphatic carbocycles. The van der Waals surface area contributed by atoms with Gasteiger partial charge in [0, 0.05) is 6.04 Å². The molecule has 18 heavy (non-hydrogen) atoms. The second kappa shape index (κ2) is 6.24. The molecule has 0 bridgehead atoms. The lowest BCUT2D eigenvalue weighted by Gasteiger charge is -2.28. The summed E-state index contributed by atoms with van der Waals surface area (Å²) in [5.74, 6) is 1.68. The van der Waals surface area contributed by atoms with Gasteiger partial charge in [-0.25, -0.2) is 0 Å². The maximum atomic E-state index is 5.96. The van der Waals surface area contributed by atoms with Gasteiger partial charge >= 0.3 is 0 Å². The molecule has 2 heteroatoms. The van der Waals surface area contributed by atoms with Gasteiger partial charge in [-0.15, -0.1) is 0 Å². The molecule has 0 aliphatic heterocycles. The van der Waals surface area contributed by atoms with Crippen molar-refractivity contribution in [1.29, 1.82) is 0 Å². The second-order valence-corrected chi connectivity index (χ2v) is 5.53. The molecule has 0 spiro atoms. The average Bonchev–Trinajstić information content (AvgIpc) is 2.37. The van der Waals surface area contributed by atoms with Crippen molar-refractivity contribution < 1.29 is 4.74 Å². The van der Waals surface area contributed by atoms with Gasteiger partial charge in [-0.2, -0.15) is 0 Å². The fourth-order valence-corrected chi connectivity index (χ4v) is 2.67. The summed E-state index contributed by atoms with van der Waals surface area (Å²) >= 11 is 0. The third-order valence-corrected chi connectivity index (χ3v) is 3.49. The maximum absolute atomic E-state index is 5.96. The molecular weight excluding hydrogens is 222 g/mol. The summed E-state index contributed by atoms with van der Waals surface area (Å²) in [4.78, 5) is 0. The van der Waals surface area contributed by atoms with Gasteiger partial charge < -0.3 is 10.1 Å². The molecule has 2 rings (SSSR count). The Hall–Kier alpha value is -1.02. The van der Waals surface area contributed by atoms with Crippen molar-refractivity contribution in [2.75, 3.05) is 13.2 Å². The molecule has 0 saturated carbocycles. The molecule has 1 unspecified atom stereocenters. The van der Waals surface area contributed by atoms with E-state index >= 15 is 0 Å². The molecule has 0 heterocycles. The Balaban J connectivity index is 2.20. The fraction of sp³-hybridized carbons (Fsp3) is 0.625. The summed E-state index contributed by atoms with van der Waals surface area (Å²) in [6, 6.07) is 7.02. The second-order valence-electron chi connectivity index (χ2n) is 5.53. The summed E-state index contributed by atoms with van der Waals surface area (Å²) in [5, 5.41) is 3.58. The minimum absolute atomic E-state index is 0.515. The monoisotopic (exact) mass is 247 g/mol. The van der Waals surface area contributed by atoms with Gasteiger partial charge in [0.2, 0.25) is 0 Å². The summed E-state index contributed by atoms with van der Waals surface area (Å²) in [5.41, 5.74) is 2.87. The van der Waals surface area contributed by atoms with Crippen molar-refractivity contribution in [3.05, 3.63) is 29.3 Å². The minimum Gasteiger partial charge on any atom is -0.493 e. The Morgan fingerprint density at radius 2 is 2.22 bits per heavy atom. The minimum atomic E-state index is 0.515. The van der Waals surface area contributed by atoms with E-state index < -0.39 is 0 Å². The van der Waals surface area contributed by atoms with Crippen molar-refractivity contribution in [2.24, 2.45) is 5.92 Å². The maximum Gasteiger partial charge on any atom is 0.122 e. The molecule has 1 aromatic carbocycles. The van der Waals surface area contributed by atoms with E-state index in [9.17, 15) is 0 Å². The molecule has 0 radical (unpaired) electrons. The number of benzene rings is 1. The first-order valence-corrected chi connectivity index (χ1v) is 7.20. The molecule has 0 fully saturated rings. The van der Waals surface area contributed by atoms with Crippen molar-refractivity contribution in [2.45, 2.75) is 46.1 Å². The highest BCUT2D eigenvalue weighted by atomic mass is 16.5. The van der Waals surface area contributed by atoms with Gasteiger partial charge in [0.25, 0.3) is 0 Å². The van der Waals surface area contributed by atoms with Crippen LogP contribution in [-0.2, 0) is 6.42 Å². The van der Waals surface area contributed by atoms with Gasteiger partial charge in [-0.1, -0.05) is 32.9 Å². The molecule has 0 saturated heterocycles. The predicted molar refractivity (Wildman–Crippen MR) is 76.1 cm³/mol. The lowest BCUT2D eigenvalue weighted by Crippen LogP contribution is -2.25. The summed E-state index contributed by atoms with van der Waals surface area (Å²) in [6.45, 7) is 8.39. The molecule has 0 aromatic heterocycles. The number of nitrogens with one attached hydrogen (secondary N) is 1. The number of fused-ring (bicyclic) bond motifs is 1. The zero-order chi connectivity index (χ0) is 13.0. The first kappa shape index (κ1) is 13.4. The van der Waals surface area contributed by atoms with Gasteiger partial charge in [-0.05, 0) is 48.9 Å². The Kier molecular flexibility index (Phi) is 4.65. The van der Waals surface area contributed by atoms with Crippen LogP contribution in [0.15, 0.2) is 18.2 Å². The highest BCUT2D eigenvalue weighted by Gasteiger charge is 2.21. The quantitative estimate of drug-likeness (QED) is 0.856. The first-order chi connectivity index (χ1) is 8.72.